The van der Waals surface area contributed by atoms with E-state index in [4.69, 9.17) is 0 Å². The van der Waals surface area contributed by atoms with Crippen LogP contribution in [0.15, 0.2) is 35.7 Å². The average Bonchev–Trinajstić information content (AvgIpc) is 2.82. The minimum atomic E-state index is 1.22. The maximum absolute atomic E-state index is 3.50. The standard InChI is InChI=1S/C14H13NS/c1-9-6-10(2)14-11(7-9)8-12(15-14)13-4-3-5-16-13/h3-8,15H,1-2H3. The Bertz CT molecular complexity index is 632. The second-order valence-corrected chi connectivity index (χ2v) is 5.15. The van der Waals surface area contributed by atoms with Crippen molar-refractivity contribution in [1.29, 1.82) is 0 Å². The van der Waals surface area contributed by atoms with Gasteiger partial charge in [-0.1, -0.05) is 17.7 Å². The van der Waals surface area contributed by atoms with Crippen molar-refractivity contribution < 1.29 is 0 Å². The van der Waals surface area contributed by atoms with Crippen molar-refractivity contribution in [3.8, 4) is 10.6 Å². The van der Waals surface area contributed by atoms with E-state index in [-0.39, 0.29) is 0 Å². The Morgan fingerprint density at radius 2 is 2.00 bits per heavy atom. The van der Waals surface area contributed by atoms with Gasteiger partial charge in [-0.15, -0.1) is 11.3 Å². The Labute approximate surface area is 98.7 Å². The average molecular weight is 227 g/mol. The number of aryl methyl sites for hydroxylation is 2. The molecule has 2 aromatic heterocycles. The summed E-state index contributed by atoms with van der Waals surface area (Å²) in [6, 6.07) is 10.9. The Morgan fingerprint density at radius 3 is 2.75 bits per heavy atom. The van der Waals surface area contributed by atoms with Crippen molar-refractivity contribution in [2.45, 2.75) is 13.8 Å². The summed E-state index contributed by atoms with van der Waals surface area (Å²) in [6.07, 6.45) is 0. The molecule has 3 rings (SSSR count). The molecule has 0 unspecified atom stereocenters. The van der Waals surface area contributed by atoms with E-state index in [1.54, 1.807) is 11.3 Å². The van der Waals surface area contributed by atoms with Crippen LogP contribution in [0.2, 0.25) is 0 Å². The lowest BCUT2D eigenvalue weighted by molar-refractivity contribution is 1.39. The van der Waals surface area contributed by atoms with E-state index < -0.39 is 0 Å². The molecule has 1 nitrogen and oxygen atoms in total. The van der Waals surface area contributed by atoms with Gasteiger partial charge in [-0.3, -0.25) is 0 Å². The summed E-state index contributed by atoms with van der Waals surface area (Å²) < 4.78 is 0. The van der Waals surface area contributed by atoms with Crippen molar-refractivity contribution in [3.63, 3.8) is 0 Å². The van der Waals surface area contributed by atoms with Crippen LogP contribution in [-0.2, 0) is 0 Å². The third-order valence-corrected chi connectivity index (χ3v) is 3.76. The lowest BCUT2D eigenvalue weighted by Crippen LogP contribution is -1.78. The van der Waals surface area contributed by atoms with Gasteiger partial charge in [0.2, 0.25) is 0 Å². The predicted molar refractivity (Wildman–Crippen MR) is 71.1 cm³/mol. The third kappa shape index (κ3) is 1.46. The zero-order valence-corrected chi connectivity index (χ0v) is 10.2. The largest absolute Gasteiger partial charge is 0.354 e. The fourth-order valence-electron chi connectivity index (χ4n) is 2.18. The number of nitrogens with one attached hydrogen (secondary N) is 1. The summed E-state index contributed by atoms with van der Waals surface area (Å²) in [5.41, 5.74) is 5.12. The van der Waals surface area contributed by atoms with Crippen LogP contribution >= 0.6 is 11.3 Å². The molecule has 0 aliphatic carbocycles. The third-order valence-electron chi connectivity index (χ3n) is 2.86. The smallest absolute Gasteiger partial charge is 0.0566 e. The number of thiophene rings is 1. The molecule has 0 saturated heterocycles. The summed E-state index contributed by atoms with van der Waals surface area (Å²) in [7, 11) is 0. The first-order valence-electron chi connectivity index (χ1n) is 5.38. The summed E-state index contributed by atoms with van der Waals surface area (Å²) in [5, 5.41) is 3.42. The van der Waals surface area contributed by atoms with Crippen LogP contribution in [0, 0.1) is 13.8 Å². The Kier molecular flexibility index (Phi) is 2.11. The molecule has 0 aliphatic rings. The number of hydrogen-bond donors (Lipinski definition) is 1. The van der Waals surface area contributed by atoms with Gasteiger partial charge >= 0.3 is 0 Å². The van der Waals surface area contributed by atoms with Crippen LogP contribution in [-0.4, -0.2) is 4.98 Å². The molecule has 0 atom stereocenters. The molecule has 0 radical (unpaired) electrons. The number of H-pyrrole nitrogens is 1. The van der Waals surface area contributed by atoms with Crippen molar-refractivity contribution in [2.75, 3.05) is 0 Å². The molecule has 2 heterocycles. The Hall–Kier alpha value is -1.54. The van der Waals surface area contributed by atoms with E-state index in [2.05, 4.69) is 54.5 Å². The van der Waals surface area contributed by atoms with E-state index in [1.807, 2.05) is 0 Å². The van der Waals surface area contributed by atoms with Gasteiger partial charge < -0.3 is 4.98 Å². The molecular weight excluding hydrogens is 214 g/mol. The molecule has 1 N–H and O–H groups in total. The number of benzene rings is 1. The molecule has 0 bridgehead atoms. The number of aromatic amines is 1. The SMILES string of the molecule is Cc1cc(C)c2[nH]c(-c3cccs3)cc2c1. The Morgan fingerprint density at radius 1 is 1.12 bits per heavy atom. The highest BCUT2D eigenvalue weighted by molar-refractivity contribution is 7.13. The van der Waals surface area contributed by atoms with Crippen LogP contribution in [0.4, 0.5) is 0 Å². The first kappa shape index (κ1) is 9.67. The molecular formula is C14H13NS. The van der Waals surface area contributed by atoms with E-state index in [9.17, 15) is 0 Å². The van der Waals surface area contributed by atoms with Crippen molar-refractivity contribution in [2.24, 2.45) is 0 Å². The van der Waals surface area contributed by atoms with Gasteiger partial charge in [0.25, 0.3) is 0 Å². The first-order chi connectivity index (χ1) is 7.74. The minimum absolute atomic E-state index is 1.22. The highest BCUT2D eigenvalue weighted by Crippen LogP contribution is 2.29. The van der Waals surface area contributed by atoms with Gasteiger partial charge in [0, 0.05) is 10.9 Å². The highest BCUT2D eigenvalue weighted by Gasteiger charge is 2.06. The summed E-state index contributed by atoms with van der Waals surface area (Å²) in [4.78, 5) is 4.80. The number of hydrogen-bond acceptors (Lipinski definition) is 1. The van der Waals surface area contributed by atoms with Crippen molar-refractivity contribution in [1.82, 2.24) is 4.98 Å². The molecule has 0 spiro atoms. The van der Waals surface area contributed by atoms with E-state index in [1.165, 1.54) is 32.6 Å². The van der Waals surface area contributed by atoms with Crippen LogP contribution in [0.25, 0.3) is 21.5 Å². The summed E-state index contributed by atoms with van der Waals surface area (Å²) >= 11 is 1.77. The van der Waals surface area contributed by atoms with Gasteiger partial charge in [0.15, 0.2) is 0 Å². The van der Waals surface area contributed by atoms with Crippen LogP contribution in [0.5, 0.6) is 0 Å². The van der Waals surface area contributed by atoms with Crippen LogP contribution in [0.1, 0.15) is 11.1 Å². The highest BCUT2D eigenvalue weighted by atomic mass is 32.1. The molecule has 3 aromatic rings. The fraction of sp³-hybridized carbons (Fsp3) is 0.143. The quantitative estimate of drug-likeness (QED) is 0.629. The molecule has 0 fully saturated rings. The lowest BCUT2D eigenvalue weighted by atomic mass is 10.1. The van der Waals surface area contributed by atoms with Crippen molar-refractivity contribution >= 4 is 22.2 Å². The molecule has 0 aliphatic heterocycles. The number of rotatable bonds is 1. The molecule has 0 saturated carbocycles. The topological polar surface area (TPSA) is 15.8 Å². The number of fused-ring (bicyclic) bond motifs is 1. The summed E-state index contributed by atoms with van der Waals surface area (Å²) in [6.45, 7) is 4.30. The summed E-state index contributed by atoms with van der Waals surface area (Å²) in [5.74, 6) is 0. The molecule has 80 valence electrons. The maximum Gasteiger partial charge on any atom is 0.0566 e. The van der Waals surface area contributed by atoms with Gasteiger partial charge in [0.1, 0.15) is 0 Å². The van der Waals surface area contributed by atoms with E-state index >= 15 is 0 Å². The van der Waals surface area contributed by atoms with E-state index in [0.717, 1.165) is 0 Å². The monoisotopic (exact) mass is 227 g/mol. The van der Waals surface area contributed by atoms with Crippen molar-refractivity contribution in [3.05, 3.63) is 46.8 Å². The van der Waals surface area contributed by atoms with Crippen LogP contribution in [0.3, 0.4) is 0 Å². The van der Waals surface area contributed by atoms with E-state index in [0.29, 0.717) is 0 Å². The zero-order chi connectivity index (χ0) is 11.1. The molecule has 2 heteroatoms. The maximum atomic E-state index is 3.50. The second kappa shape index (κ2) is 3.49. The van der Waals surface area contributed by atoms with Crippen LogP contribution < -0.4 is 0 Å². The fourth-order valence-corrected chi connectivity index (χ4v) is 2.87. The zero-order valence-electron chi connectivity index (χ0n) is 9.37. The normalized spacial score (nSPS) is 11.1. The molecule has 0 amide bonds. The van der Waals surface area contributed by atoms with Gasteiger partial charge in [-0.05, 0) is 43.0 Å². The number of aromatic nitrogens is 1. The van der Waals surface area contributed by atoms with Gasteiger partial charge in [-0.25, -0.2) is 0 Å². The van der Waals surface area contributed by atoms with Gasteiger partial charge in [-0.2, -0.15) is 0 Å². The van der Waals surface area contributed by atoms with Gasteiger partial charge in [0.05, 0.1) is 10.6 Å². The minimum Gasteiger partial charge on any atom is -0.354 e. The lowest BCUT2D eigenvalue weighted by Gasteiger charge is -1.97. The second-order valence-electron chi connectivity index (χ2n) is 4.21. The first-order valence-corrected chi connectivity index (χ1v) is 6.26. The predicted octanol–water partition coefficient (Wildman–Crippen LogP) is 4.51. The Balaban J connectivity index is 2.27. The molecule has 1 aromatic carbocycles. The molecule has 16 heavy (non-hydrogen) atoms.